The smallest absolute Gasteiger partial charge is 0.321 e. The monoisotopic (exact) mass is 460 g/mol. The van der Waals surface area contributed by atoms with Gasteiger partial charge in [-0.15, -0.1) is 0 Å². The maximum atomic E-state index is 13.1. The molecule has 1 saturated heterocycles. The lowest BCUT2D eigenvalue weighted by Gasteiger charge is -2.53. The van der Waals surface area contributed by atoms with Gasteiger partial charge in [0.25, 0.3) is 0 Å². The third-order valence-corrected chi connectivity index (χ3v) is 7.25. The van der Waals surface area contributed by atoms with Crippen molar-refractivity contribution in [1.82, 2.24) is 9.47 Å². The van der Waals surface area contributed by atoms with Crippen LogP contribution in [0.1, 0.15) is 31.0 Å². The van der Waals surface area contributed by atoms with E-state index in [-0.39, 0.29) is 11.6 Å². The number of ether oxygens (including phenoxy) is 2. The van der Waals surface area contributed by atoms with Crippen molar-refractivity contribution in [2.24, 2.45) is 0 Å². The summed E-state index contributed by atoms with van der Waals surface area (Å²) in [6.07, 6.45) is 3.91. The predicted octanol–water partition coefficient (Wildman–Crippen LogP) is 5.17. The molecule has 0 unspecified atom stereocenters. The number of nitrogens with zero attached hydrogens (tertiary/aromatic N) is 3. The third kappa shape index (κ3) is 3.47. The lowest BCUT2D eigenvalue weighted by atomic mass is 9.80. The maximum Gasteiger partial charge on any atom is 0.321 e. The molecule has 2 aliphatic heterocycles. The normalized spacial score (nSPS) is 16.1. The van der Waals surface area contributed by atoms with E-state index < -0.39 is 0 Å². The van der Waals surface area contributed by atoms with E-state index in [1.54, 1.807) is 26.4 Å². The van der Waals surface area contributed by atoms with Crippen LogP contribution in [-0.4, -0.2) is 49.4 Å². The Kier molecular flexibility index (Phi) is 5.63. The summed E-state index contributed by atoms with van der Waals surface area (Å²) in [7, 11) is 3.19. The van der Waals surface area contributed by atoms with Gasteiger partial charge in [0.1, 0.15) is 0 Å². The molecule has 0 radical (unpaired) electrons. The molecule has 1 N–H and O–H groups in total. The fourth-order valence-electron chi connectivity index (χ4n) is 5.59. The second kappa shape index (κ2) is 8.63. The highest BCUT2D eigenvalue weighted by Crippen LogP contribution is 2.48. The van der Waals surface area contributed by atoms with Crippen LogP contribution in [0.25, 0.3) is 5.69 Å². The molecule has 1 fully saturated rings. The Morgan fingerprint density at radius 1 is 1.00 bits per heavy atom. The number of hydrogen-bond acceptors (Lipinski definition) is 4. The Labute approximate surface area is 200 Å². The summed E-state index contributed by atoms with van der Waals surface area (Å²) in [5, 5.41) is 3.02. The molecule has 7 heteroatoms. The summed E-state index contributed by atoms with van der Waals surface area (Å²) in [4.78, 5) is 17.6. The zero-order valence-corrected chi connectivity index (χ0v) is 20.3. The largest absolute Gasteiger partial charge is 0.493 e. The number of fused-ring (bicyclic) bond motifs is 4. The molecule has 0 aliphatic carbocycles. The van der Waals surface area contributed by atoms with Crippen LogP contribution < -0.4 is 19.7 Å². The molecule has 2 aliphatic rings. The number of methoxy groups -OCH3 is 2. The van der Waals surface area contributed by atoms with Gasteiger partial charge in [0.15, 0.2) is 11.5 Å². The number of anilines is 2. The molecule has 5 rings (SSSR count). The molecule has 0 atom stereocenters. The highest BCUT2D eigenvalue weighted by molar-refractivity contribution is 5.90. The highest BCUT2D eigenvalue weighted by atomic mass is 16.5. The summed E-state index contributed by atoms with van der Waals surface area (Å²) in [5.74, 6) is 1.23. The van der Waals surface area contributed by atoms with Crippen LogP contribution in [0.2, 0.25) is 0 Å². The summed E-state index contributed by atoms with van der Waals surface area (Å²) in [6.45, 7) is 6.65. The number of rotatable bonds is 4. The van der Waals surface area contributed by atoms with E-state index in [9.17, 15) is 4.79 Å². The van der Waals surface area contributed by atoms with Crippen LogP contribution >= 0.6 is 0 Å². The summed E-state index contributed by atoms with van der Waals surface area (Å²) < 4.78 is 13.0. The van der Waals surface area contributed by atoms with Crippen molar-refractivity contribution in [1.29, 1.82) is 0 Å². The van der Waals surface area contributed by atoms with Crippen molar-refractivity contribution < 1.29 is 14.3 Å². The first-order valence-corrected chi connectivity index (χ1v) is 11.8. The van der Waals surface area contributed by atoms with Gasteiger partial charge in [-0.2, -0.15) is 0 Å². The second-order valence-electron chi connectivity index (χ2n) is 9.02. The van der Waals surface area contributed by atoms with Gasteiger partial charge in [-0.1, -0.05) is 6.07 Å². The SMILES string of the molecule is CCN1c2cc(C)ccc2-n2cccc2C12CCN(C(=O)Nc1ccc(OC)c(OC)c1)CC2. The van der Waals surface area contributed by atoms with E-state index in [1.807, 2.05) is 11.0 Å². The number of hydrogen-bond donors (Lipinski definition) is 1. The number of likely N-dealkylation sites (tertiary alicyclic amines) is 1. The molecular weight excluding hydrogens is 428 g/mol. The molecular formula is C27H32N4O3. The Morgan fingerprint density at radius 3 is 2.47 bits per heavy atom. The molecule has 34 heavy (non-hydrogen) atoms. The minimum Gasteiger partial charge on any atom is -0.493 e. The zero-order chi connectivity index (χ0) is 23.9. The first kappa shape index (κ1) is 22.2. The van der Waals surface area contributed by atoms with Crippen LogP contribution in [0.5, 0.6) is 11.5 Å². The average molecular weight is 461 g/mol. The molecule has 2 amide bonds. The predicted molar refractivity (Wildman–Crippen MR) is 135 cm³/mol. The van der Waals surface area contributed by atoms with Gasteiger partial charge in [-0.05, 0) is 68.7 Å². The van der Waals surface area contributed by atoms with Crippen molar-refractivity contribution in [3.05, 3.63) is 66.0 Å². The molecule has 2 aromatic carbocycles. The molecule has 7 nitrogen and oxygen atoms in total. The van der Waals surface area contributed by atoms with Gasteiger partial charge in [0, 0.05) is 43.3 Å². The van der Waals surface area contributed by atoms with Gasteiger partial charge in [0.2, 0.25) is 0 Å². The molecule has 3 aromatic rings. The van der Waals surface area contributed by atoms with Crippen LogP contribution in [0.3, 0.4) is 0 Å². The van der Waals surface area contributed by atoms with E-state index in [0.717, 1.165) is 19.4 Å². The molecule has 178 valence electrons. The van der Waals surface area contributed by atoms with E-state index in [4.69, 9.17) is 9.47 Å². The first-order valence-electron chi connectivity index (χ1n) is 11.8. The van der Waals surface area contributed by atoms with E-state index in [1.165, 1.54) is 22.6 Å². The standard InChI is InChI=1S/C27H32N4O3/c1-5-31-22-17-19(2)8-10-21(22)30-14-6-7-25(30)27(31)12-15-29(16-13-27)26(32)28-20-9-11-23(33-3)24(18-20)34-4/h6-11,14,17-18H,5,12-13,15-16H2,1-4H3,(H,28,32). The van der Waals surface area contributed by atoms with Crippen molar-refractivity contribution >= 4 is 17.4 Å². The molecule has 1 spiro atoms. The number of amides is 2. The van der Waals surface area contributed by atoms with Gasteiger partial charge in [0.05, 0.1) is 31.1 Å². The lowest BCUT2D eigenvalue weighted by Crippen LogP contribution is -2.57. The summed E-state index contributed by atoms with van der Waals surface area (Å²) >= 11 is 0. The molecule has 0 saturated carbocycles. The Balaban J connectivity index is 1.37. The molecule has 0 bridgehead atoms. The number of piperidine rings is 1. The van der Waals surface area contributed by atoms with Crippen molar-refractivity contribution in [3.8, 4) is 17.2 Å². The zero-order valence-electron chi connectivity index (χ0n) is 20.3. The lowest BCUT2D eigenvalue weighted by molar-refractivity contribution is 0.161. The van der Waals surface area contributed by atoms with Crippen molar-refractivity contribution in [2.75, 3.05) is 44.1 Å². The van der Waals surface area contributed by atoms with Crippen molar-refractivity contribution in [2.45, 2.75) is 32.2 Å². The van der Waals surface area contributed by atoms with Gasteiger partial charge in [-0.3, -0.25) is 0 Å². The fourth-order valence-corrected chi connectivity index (χ4v) is 5.59. The number of urea groups is 1. The summed E-state index contributed by atoms with van der Waals surface area (Å²) in [5.41, 5.74) is 5.63. The number of nitrogens with one attached hydrogen (secondary N) is 1. The van der Waals surface area contributed by atoms with Crippen LogP contribution in [0, 0.1) is 6.92 Å². The van der Waals surface area contributed by atoms with Gasteiger partial charge < -0.3 is 29.2 Å². The van der Waals surface area contributed by atoms with Gasteiger partial charge in [-0.25, -0.2) is 4.79 Å². The molecule has 3 heterocycles. The quantitative estimate of drug-likeness (QED) is 0.584. The van der Waals surface area contributed by atoms with E-state index >= 15 is 0 Å². The van der Waals surface area contributed by atoms with E-state index in [2.05, 4.69) is 65.2 Å². The minimum atomic E-state index is -0.126. The Hall–Kier alpha value is -3.61. The number of carbonyl (C=O) groups excluding carboxylic acids is 1. The van der Waals surface area contributed by atoms with Gasteiger partial charge >= 0.3 is 6.03 Å². The minimum absolute atomic E-state index is 0.0902. The molecule has 1 aromatic heterocycles. The number of aryl methyl sites for hydroxylation is 1. The Morgan fingerprint density at radius 2 is 1.76 bits per heavy atom. The summed E-state index contributed by atoms with van der Waals surface area (Å²) in [6, 6.07) is 16.4. The highest BCUT2D eigenvalue weighted by Gasteiger charge is 2.46. The maximum absolute atomic E-state index is 13.1. The number of carbonyl (C=O) groups is 1. The average Bonchev–Trinajstić information content (AvgIpc) is 3.35. The fraction of sp³-hybridized carbons (Fsp3) is 0.370. The van der Waals surface area contributed by atoms with Crippen LogP contribution in [0.4, 0.5) is 16.2 Å². The van der Waals surface area contributed by atoms with Crippen LogP contribution in [-0.2, 0) is 5.54 Å². The number of benzene rings is 2. The second-order valence-corrected chi connectivity index (χ2v) is 9.02. The number of aromatic nitrogens is 1. The third-order valence-electron chi connectivity index (χ3n) is 7.25. The first-order chi connectivity index (χ1) is 16.5. The Bertz CT molecular complexity index is 1210. The van der Waals surface area contributed by atoms with E-state index in [0.29, 0.717) is 30.3 Å². The van der Waals surface area contributed by atoms with Crippen LogP contribution in [0.15, 0.2) is 54.7 Å². The van der Waals surface area contributed by atoms with Crippen molar-refractivity contribution in [3.63, 3.8) is 0 Å². The topological polar surface area (TPSA) is 59.0 Å².